The van der Waals surface area contributed by atoms with Gasteiger partial charge in [0.05, 0.1) is 5.92 Å². The summed E-state index contributed by atoms with van der Waals surface area (Å²) < 4.78 is 0. The first kappa shape index (κ1) is 20.5. The van der Waals surface area contributed by atoms with Crippen molar-refractivity contribution in [2.24, 2.45) is 11.7 Å². The fraction of sp³-hybridized carbons (Fsp3) is 0.400. The summed E-state index contributed by atoms with van der Waals surface area (Å²) in [6, 6.07) is 8.86. The maximum atomic E-state index is 12.1. The van der Waals surface area contributed by atoms with Crippen LogP contribution in [0.25, 0.3) is 0 Å². The number of nitrogens with two attached hydrogens (primary N) is 1. The van der Waals surface area contributed by atoms with Crippen molar-refractivity contribution in [3.63, 3.8) is 0 Å². The van der Waals surface area contributed by atoms with Gasteiger partial charge in [-0.1, -0.05) is 56.7 Å². The van der Waals surface area contributed by atoms with E-state index in [1.165, 1.54) is 6.08 Å². The van der Waals surface area contributed by atoms with Gasteiger partial charge in [-0.3, -0.25) is 19.2 Å². The number of hydrogen-bond donors (Lipinski definition) is 1. The molecule has 1 rings (SSSR count). The Morgan fingerprint density at radius 1 is 1.12 bits per heavy atom. The third-order valence-electron chi connectivity index (χ3n) is 4.00. The highest BCUT2D eigenvalue weighted by atomic mass is 16.2. The lowest BCUT2D eigenvalue weighted by Gasteiger charge is -2.12. The van der Waals surface area contributed by atoms with Crippen LogP contribution in [0.4, 0.5) is 0 Å². The van der Waals surface area contributed by atoms with Gasteiger partial charge in [-0.15, -0.1) is 0 Å². The van der Waals surface area contributed by atoms with Crippen molar-refractivity contribution in [1.82, 2.24) is 0 Å². The van der Waals surface area contributed by atoms with Crippen LogP contribution in [0.5, 0.6) is 0 Å². The van der Waals surface area contributed by atoms with Gasteiger partial charge >= 0.3 is 0 Å². The summed E-state index contributed by atoms with van der Waals surface area (Å²) in [6.45, 7) is 3.67. The Labute approximate surface area is 148 Å². The van der Waals surface area contributed by atoms with Gasteiger partial charge in [0.2, 0.25) is 17.5 Å². The molecule has 0 radical (unpaired) electrons. The zero-order valence-electron chi connectivity index (χ0n) is 14.7. The average Bonchev–Trinajstić information content (AvgIpc) is 2.59. The number of primary amides is 1. The Kier molecular flexibility index (Phi) is 8.47. The summed E-state index contributed by atoms with van der Waals surface area (Å²) in [7, 11) is 0. The third kappa shape index (κ3) is 6.83. The summed E-state index contributed by atoms with van der Waals surface area (Å²) in [4.78, 5) is 47.2. The van der Waals surface area contributed by atoms with Crippen LogP contribution < -0.4 is 5.73 Å². The molecule has 0 spiro atoms. The topological polar surface area (TPSA) is 94.3 Å². The largest absolute Gasteiger partial charge is 0.369 e. The van der Waals surface area contributed by atoms with E-state index in [0.717, 1.165) is 12.5 Å². The molecule has 0 saturated heterocycles. The Hall–Kier alpha value is -2.56. The highest BCUT2D eigenvalue weighted by Crippen LogP contribution is 2.20. The van der Waals surface area contributed by atoms with E-state index in [0.29, 0.717) is 12.0 Å². The minimum Gasteiger partial charge on any atom is -0.369 e. The van der Waals surface area contributed by atoms with Crippen molar-refractivity contribution >= 4 is 23.3 Å². The van der Waals surface area contributed by atoms with Crippen molar-refractivity contribution in [3.8, 4) is 0 Å². The van der Waals surface area contributed by atoms with Gasteiger partial charge in [0.15, 0.2) is 0 Å². The zero-order valence-corrected chi connectivity index (χ0v) is 14.7. The van der Waals surface area contributed by atoms with Crippen molar-refractivity contribution in [1.29, 1.82) is 0 Å². The van der Waals surface area contributed by atoms with Crippen LogP contribution in [0.15, 0.2) is 42.5 Å². The molecule has 2 atom stereocenters. The number of carbonyl (C=O) groups is 4. The van der Waals surface area contributed by atoms with E-state index in [-0.39, 0.29) is 24.5 Å². The minimum absolute atomic E-state index is 0.0161. The quantitative estimate of drug-likeness (QED) is 0.494. The molecule has 0 aliphatic rings. The molecule has 25 heavy (non-hydrogen) atoms. The number of carbonyl (C=O) groups excluding carboxylic acids is 4. The summed E-state index contributed by atoms with van der Waals surface area (Å²) in [5.41, 5.74) is 6.07. The zero-order chi connectivity index (χ0) is 18.8. The van der Waals surface area contributed by atoms with Gasteiger partial charge < -0.3 is 5.73 Å². The van der Waals surface area contributed by atoms with Crippen LogP contribution in [0, 0.1) is 5.92 Å². The van der Waals surface area contributed by atoms with E-state index in [9.17, 15) is 19.2 Å². The Balaban J connectivity index is 2.59. The van der Waals surface area contributed by atoms with E-state index in [2.05, 4.69) is 0 Å². The van der Waals surface area contributed by atoms with Gasteiger partial charge in [0.25, 0.3) is 0 Å². The summed E-state index contributed by atoms with van der Waals surface area (Å²) in [5, 5.41) is 0. The number of hydrogen-bond acceptors (Lipinski definition) is 4. The monoisotopic (exact) mass is 343 g/mol. The molecule has 0 heterocycles. The lowest BCUT2D eigenvalue weighted by molar-refractivity contribution is -0.136. The van der Waals surface area contributed by atoms with Gasteiger partial charge in [-0.25, -0.2) is 0 Å². The number of ketones is 3. The summed E-state index contributed by atoms with van der Waals surface area (Å²) >= 11 is 0. The van der Waals surface area contributed by atoms with E-state index in [4.69, 9.17) is 5.73 Å². The first-order valence-corrected chi connectivity index (χ1v) is 8.47. The van der Waals surface area contributed by atoms with Gasteiger partial charge in [0, 0.05) is 18.8 Å². The van der Waals surface area contributed by atoms with Crippen molar-refractivity contribution < 1.29 is 19.2 Å². The van der Waals surface area contributed by atoms with Crippen LogP contribution >= 0.6 is 0 Å². The number of amides is 1. The molecule has 5 nitrogen and oxygen atoms in total. The second-order valence-electron chi connectivity index (χ2n) is 6.13. The molecular weight excluding hydrogens is 318 g/mol. The van der Waals surface area contributed by atoms with Crippen LogP contribution in [-0.2, 0) is 19.2 Å². The standard InChI is InChI=1S/C20H25NO4/c1-3-8-14(2)19(24)18(23)12-7-11-16(22)13-17(20(21)25)15-9-5-4-6-10-15/h4-7,9-10,12,14,17H,3,8,11,13H2,1-2H3,(H2,21,25)/b12-7+/t14?,17-/m0/s1. The number of allylic oxidation sites excluding steroid dienone is 2. The number of benzene rings is 1. The van der Waals surface area contributed by atoms with Gasteiger partial charge in [-0.2, -0.15) is 0 Å². The Morgan fingerprint density at radius 2 is 1.76 bits per heavy atom. The lowest BCUT2D eigenvalue weighted by atomic mass is 9.92. The molecule has 0 aliphatic heterocycles. The van der Waals surface area contributed by atoms with Crippen LogP contribution in [0.3, 0.4) is 0 Å². The molecule has 134 valence electrons. The Morgan fingerprint density at radius 3 is 2.32 bits per heavy atom. The van der Waals surface area contributed by atoms with E-state index in [1.807, 2.05) is 13.0 Å². The van der Waals surface area contributed by atoms with Crippen molar-refractivity contribution in [2.75, 3.05) is 0 Å². The van der Waals surface area contributed by atoms with Gasteiger partial charge in [0.1, 0.15) is 5.78 Å². The Bertz CT molecular complexity index is 649. The second-order valence-corrected chi connectivity index (χ2v) is 6.13. The fourth-order valence-corrected chi connectivity index (χ4v) is 2.57. The molecular formula is C20H25NO4. The fourth-order valence-electron chi connectivity index (χ4n) is 2.57. The molecule has 1 aromatic carbocycles. The lowest BCUT2D eigenvalue weighted by Crippen LogP contribution is -2.23. The normalized spacial score (nSPS) is 13.4. The smallest absolute Gasteiger partial charge is 0.225 e. The predicted octanol–water partition coefficient (Wildman–Crippen LogP) is 2.74. The summed E-state index contributed by atoms with van der Waals surface area (Å²) in [5.74, 6) is -2.82. The highest BCUT2D eigenvalue weighted by Gasteiger charge is 2.21. The molecule has 1 aromatic rings. The summed E-state index contributed by atoms with van der Waals surface area (Å²) in [6.07, 6.45) is 3.97. The molecule has 1 amide bonds. The minimum atomic E-state index is -0.691. The van der Waals surface area contributed by atoms with E-state index < -0.39 is 23.4 Å². The molecule has 0 aromatic heterocycles. The van der Waals surface area contributed by atoms with Gasteiger partial charge in [-0.05, 0) is 18.1 Å². The predicted molar refractivity (Wildman–Crippen MR) is 95.8 cm³/mol. The molecule has 0 bridgehead atoms. The van der Waals surface area contributed by atoms with Crippen LogP contribution in [0.2, 0.25) is 0 Å². The first-order chi connectivity index (χ1) is 11.9. The molecule has 0 fully saturated rings. The molecule has 5 heteroatoms. The van der Waals surface area contributed by atoms with Crippen LogP contribution in [-0.4, -0.2) is 23.3 Å². The van der Waals surface area contributed by atoms with E-state index >= 15 is 0 Å². The highest BCUT2D eigenvalue weighted by molar-refractivity contribution is 6.42. The molecule has 2 N–H and O–H groups in total. The van der Waals surface area contributed by atoms with Crippen molar-refractivity contribution in [2.45, 2.75) is 45.4 Å². The SMILES string of the molecule is CCCC(C)C(=O)C(=O)/C=C/CC(=O)C[C@H](C(N)=O)c1ccccc1. The van der Waals surface area contributed by atoms with E-state index in [1.54, 1.807) is 31.2 Å². The molecule has 0 saturated carbocycles. The maximum absolute atomic E-state index is 12.1. The van der Waals surface area contributed by atoms with Crippen LogP contribution in [0.1, 0.15) is 51.0 Å². The maximum Gasteiger partial charge on any atom is 0.225 e. The molecule has 0 aliphatic carbocycles. The molecule has 1 unspecified atom stereocenters. The average molecular weight is 343 g/mol. The second kappa shape index (κ2) is 10.3. The number of Topliss-reactive ketones (excluding diaryl/α,β-unsaturated/α-hetero) is 2. The third-order valence-corrected chi connectivity index (χ3v) is 4.00. The first-order valence-electron chi connectivity index (χ1n) is 8.47. The number of rotatable bonds is 11. The van der Waals surface area contributed by atoms with Crippen molar-refractivity contribution in [3.05, 3.63) is 48.0 Å².